The van der Waals surface area contributed by atoms with Crippen LogP contribution in [0.5, 0.6) is 5.19 Å². The molecule has 0 saturated carbocycles. The van der Waals surface area contributed by atoms with Crippen molar-refractivity contribution in [3.63, 3.8) is 0 Å². The fourth-order valence-electron chi connectivity index (χ4n) is 1.76. The Labute approximate surface area is 120 Å². The molecule has 20 heavy (non-hydrogen) atoms. The average Bonchev–Trinajstić information content (AvgIpc) is 2.89. The molecule has 4 nitrogen and oxygen atoms in total. The summed E-state index contributed by atoms with van der Waals surface area (Å²) in [5, 5.41) is 3.27. The number of thiazole rings is 1. The van der Waals surface area contributed by atoms with Gasteiger partial charge >= 0.3 is 0 Å². The van der Waals surface area contributed by atoms with Gasteiger partial charge in [-0.25, -0.2) is 4.98 Å². The number of nitrogens with zero attached hydrogens (tertiary/aromatic N) is 1. The van der Waals surface area contributed by atoms with E-state index in [0.29, 0.717) is 5.19 Å². The highest BCUT2D eigenvalue weighted by atomic mass is 32.1. The molecule has 0 aliphatic rings. The van der Waals surface area contributed by atoms with Crippen LogP contribution in [-0.2, 0) is 4.79 Å². The molecule has 1 amide bonds. The zero-order valence-electron chi connectivity index (χ0n) is 10.6. The first-order chi connectivity index (χ1) is 9.81. The van der Waals surface area contributed by atoms with E-state index in [0.717, 1.165) is 15.9 Å². The number of benzene rings is 2. The van der Waals surface area contributed by atoms with E-state index >= 15 is 0 Å². The number of amides is 1. The molecule has 0 saturated heterocycles. The fraction of sp³-hybridized carbons (Fsp3) is 0.0667. The van der Waals surface area contributed by atoms with Gasteiger partial charge in [0.1, 0.15) is 0 Å². The van der Waals surface area contributed by atoms with Crippen LogP contribution in [0.3, 0.4) is 0 Å². The van der Waals surface area contributed by atoms with Crippen molar-refractivity contribution in [2.45, 2.75) is 0 Å². The summed E-state index contributed by atoms with van der Waals surface area (Å²) in [7, 11) is 0. The molecule has 0 radical (unpaired) electrons. The van der Waals surface area contributed by atoms with E-state index in [9.17, 15) is 4.79 Å². The van der Waals surface area contributed by atoms with Crippen LogP contribution in [-0.4, -0.2) is 17.5 Å². The van der Waals surface area contributed by atoms with E-state index in [4.69, 9.17) is 4.74 Å². The molecule has 0 unspecified atom stereocenters. The van der Waals surface area contributed by atoms with Gasteiger partial charge in [0.2, 0.25) is 0 Å². The summed E-state index contributed by atoms with van der Waals surface area (Å²) < 4.78 is 6.47. The molecule has 0 fully saturated rings. The highest BCUT2D eigenvalue weighted by Gasteiger charge is 2.07. The number of hydrogen-bond acceptors (Lipinski definition) is 4. The van der Waals surface area contributed by atoms with E-state index in [1.54, 1.807) is 0 Å². The molecule has 100 valence electrons. The first-order valence-corrected chi connectivity index (χ1v) is 6.96. The maximum Gasteiger partial charge on any atom is 0.274 e. The third kappa shape index (κ3) is 2.95. The highest BCUT2D eigenvalue weighted by Crippen LogP contribution is 2.27. The second-order valence-electron chi connectivity index (χ2n) is 4.15. The third-order valence-electron chi connectivity index (χ3n) is 2.66. The number of para-hydroxylation sites is 2. The molecule has 0 bridgehead atoms. The molecule has 0 spiro atoms. The predicted octanol–water partition coefficient (Wildman–Crippen LogP) is 3.31. The van der Waals surface area contributed by atoms with E-state index in [-0.39, 0.29) is 12.5 Å². The Kier molecular flexibility index (Phi) is 3.60. The number of fused-ring (bicyclic) bond motifs is 1. The van der Waals surface area contributed by atoms with Crippen LogP contribution in [0.25, 0.3) is 10.2 Å². The first kappa shape index (κ1) is 12.6. The second-order valence-corrected chi connectivity index (χ2v) is 5.14. The van der Waals surface area contributed by atoms with Crippen molar-refractivity contribution >= 4 is 33.1 Å². The lowest BCUT2D eigenvalue weighted by atomic mass is 10.3. The number of ether oxygens (including phenoxy) is 1. The summed E-state index contributed by atoms with van der Waals surface area (Å²) in [6.07, 6.45) is 0. The van der Waals surface area contributed by atoms with Crippen LogP contribution in [0.2, 0.25) is 0 Å². The quantitative estimate of drug-likeness (QED) is 0.799. The van der Waals surface area contributed by atoms with Crippen molar-refractivity contribution < 1.29 is 9.53 Å². The van der Waals surface area contributed by atoms with Gasteiger partial charge in [-0.1, -0.05) is 41.7 Å². The van der Waals surface area contributed by atoms with Crippen LogP contribution < -0.4 is 10.1 Å². The lowest BCUT2D eigenvalue weighted by Gasteiger charge is -2.04. The Balaban J connectivity index is 1.60. The van der Waals surface area contributed by atoms with Gasteiger partial charge in [-0.15, -0.1) is 0 Å². The molecule has 0 aliphatic carbocycles. The van der Waals surface area contributed by atoms with Gasteiger partial charge in [-0.3, -0.25) is 4.79 Å². The van der Waals surface area contributed by atoms with Crippen LogP contribution in [0.15, 0.2) is 54.6 Å². The number of carbonyl (C=O) groups excluding carboxylic acids is 1. The minimum atomic E-state index is -0.199. The van der Waals surface area contributed by atoms with Crippen molar-refractivity contribution in [1.82, 2.24) is 4.98 Å². The molecule has 3 aromatic rings. The van der Waals surface area contributed by atoms with Crippen LogP contribution in [0.4, 0.5) is 5.69 Å². The van der Waals surface area contributed by atoms with Crippen molar-refractivity contribution in [2.75, 3.05) is 11.9 Å². The smallest absolute Gasteiger partial charge is 0.274 e. The summed E-state index contributed by atoms with van der Waals surface area (Å²) in [5.41, 5.74) is 1.64. The van der Waals surface area contributed by atoms with Gasteiger partial charge in [-0.2, -0.15) is 0 Å². The third-order valence-corrected chi connectivity index (χ3v) is 3.61. The topological polar surface area (TPSA) is 51.2 Å². The number of hydrogen-bond donors (Lipinski definition) is 1. The molecule has 0 aliphatic heterocycles. The van der Waals surface area contributed by atoms with Crippen molar-refractivity contribution in [3.05, 3.63) is 54.6 Å². The van der Waals surface area contributed by atoms with Gasteiger partial charge < -0.3 is 10.1 Å². The average molecular weight is 284 g/mol. The minimum Gasteiger partial charge on any atom is -0.460 e. The van der Waals surface area contributed by atoms with Gasteiger partial charge in [0.05, 0.1) is 10.2 Å². The maximum atomic E-state index is 11.7. The lowest BCUT2D eigenvalue weighted by molar-refractivity contribution is -0.118. The Morgan fingerprint density at radius 3 is 2.65 bits per heavy atom. The van der Waals surface area contributed by atoms with E-state index in [1.165, 1.54) is 11.3 Å². The number of aromatic nitrogens is 1. The maximum absolute atomic E-state index is 11.7. The van der Waals surface area contributed by atoms with Crippen molar-refractivity contribution in [1.29, 1.82) is 0 Å². The van der Waals surface area contributed by atoms with Gasteiger partial charge in [-0.05, 0) is 24.3 Å². The summed E-state index contributed by atoms with van der Waals surface area (Å²) in [6.45, 7) is -0.0469. The number of rotatable bonds is 4. The number of nitrogens with one attached hydrogen (secondary N) is 1. The molecule has 2 aromatic carbocycles. The van der Waals surface area contributed by atoms with Gasteiger partial charge in [0.15, 0.2) is 6.61 Å². The molecule has 0 atom stereocenters. The molecule has 1 aromatic heterocycles. The van der Waals surface area contributed by atoms with Gasteiger partial charge in [0, 0.05) is 5.69 Å². The zero-order valence-corrected chi connectivity index (χ0v) is 11.4. The Morgan fingerprint density at radius 1 is 1.10 bits per heavy atom. The van der Waals surface area contributed by atoms with E-state index < -0.39 is 0 Å². The largest absolute Gasteiger partial charge is 0.460 e. The summed E-state index contributed by atoms with van der Waals surface area (Å²) in [5.74, 6) is -0.199. The molecular weight excluding hydrogens is 272 g/mol. The van der Waals surface area contributed by atoms with E-state index in [1.807, 2.05) is 54.6 Å². The molecule has 5 heteroatoms. The number of carbonyl (C=O) groups is 1. The Bertz CT molecular complexity index is 692. The predicted molar refractivity (Wildman–Crippen MR) is 80.2 cm³/mol. The Morgan fingerprint density at radius 2 is 1.85 bits per heavy atom. The van der Waals surface area contributed by atoms with Crippen LogP contribution in [0.1, 0.15) is 0 Å². The summed E-state index contributed by atoms with van der Waals surface area (Å²) in [6, 6.07) is 17.1. The lowest BCUT2D eigenvalue weighted by Crippen LogP contribution is -2.19. The first-order valence-electron chi connectivity index (χ1n) is 6.14. The van der Waals surface area contributed by atoms with Crippen LogP contribution in [0, 0.1) is 0 Å². The fourth-order valence-corrected chi connectivity index (χ4v) is 2.57. The molecule has 1 N–H and O–H groups in total. The number of anilines is 1. The monoisotopic (exact) mass is 284 g/mol. The highest BCUT2D eigenvalue weighted by molar-refractivity contribution is 7.20. The molecule has 1 heterocycles. The summed E-state index contributed by atoms with van der Waals surface area (Å²) >= 11 is 1.43. The molecular formula is C15H12N2O2S. The minimum absolute atomic E-state index is 0.0469. The van der Waals surface area contributed by atoms with Crippen LogP contribution >= 0.6 is 11.3 Å². The standard InChI is InChI=1S/C15H12N2O2S/c18-14(16-11-6-2-1-3-7-11)10-19-15-17-12-8-4-5-9-13(12)20-15/h1-9H,10H2,(H,16,18). The summed E-state index contributed by atoms with van der Waals surface area (Å²) in [4.78, 5) is 16.0. The second kappa shape index (κ2) is 5.71. The normalized spacial score (nSPS) is 10.4. The Hall–Kier alpha value is -2.40. The van der Waals surface area contributed by atoms with Crippen molar-refractivity contribution in [3.8, 4) is 5.19 Å². The van der Waals surface area contributed by atoms with Gasteiger partial charge in [0.25, 0.3) is 11.1 Å². The zero-order chi connectivity index (χ0) is 13.8. The molecule has 3 rings (SSSR count). The SMILES string of the molecule is O=C(COc1nc2ccccc2s1)Nc1ccccc1. The van der Waals surface area contributed by atoms with E-state index in [2.05, 4.69) is 10.3 Å². The van der Waals surface area contributed by atoms with Crippen molar-refractivity contribution in [2.24, 2.45) is 0 Å².